The van der Waals surface area contributed by atoms with Crippen LogP contribution in [0.1, 0.15) is 100 Å². The van der Waals surface area contributed by atoms with Gasteiger partial charge >= 0.3 is 11.9 Å². The van der Waals surface area contributed by atoms with Gasteiger partial charge in [-0.2, -0.15) is 0 Å². The molecule has 0 aromatic heterocycles. The van der Waals surface area contributed by atoms with Crippen LogP contribution in [0.4, 0.5) is 0 Å². The van der Waals surface area contributed by atoms with Crippen molar-refractivity contribution in [1.82, 2.24) is 0 Å². The molecule has 0 fully saturated rings. The summed E-state index contributed by atoms with van der Waals surface area (Å²) in [6, 6.07) is 6.30. The van der Waals surface area contributed by atoms with Crippen LogP contribution in [0.5, 0.6) is 0 Å². The van der Waals surface area contributed by atoms with Crippen molar-refractivity contribution in [2.24, 2.45) is 17.8 Å². The summed E-state index contributed by atoms with van der Waals surface area (Å²) >= 11 is 0. The number of benzene rings is 1. The van der Waals surface area contributed by atoms with Crippen LogP contribution in [0.25, 0.3) is 0 Å². The highest BCUT2D eigenvalue weighted by Crippen LogP contribution is 2.30. The van der Waals surface area contributed by atoms with Gasteiger partial charge in [0.05, 0.1) is 11.1 Å². The lowest BCUT2D eigenvalue weighted by Gasteiger charge is -2.30. The first kappa shape index (κ1) is 24.2. The fourth-order valence-corrected chi connectivity index (χ4v) is 3.88. The van der Waals surface area contributed by atoms with Gasteiger partial charge in [0.15, 0.2) is 0 Å². The van der Waals surface area contributed by atoms with Crippen LogP contribution in [0.3, 0.4) is 0 Å². The second-order valence-electron chi connectivity index (χ2n) is 8.24. The van der Waals surface area contributed by atoms with Crippen molar-refractivity contribution in [3.8, 4) is 0 Å². The molecular formula is C24H38O4. The lowest BCUT2D eigenvalue weighted by atomic mass is 9.83. The summed E-state index contributed by atoms with van der Waals surface area (Å²) in [4.78, 5) is 24.4. The van der Waals surface area contributed by atoms with E-state index >= 15 is 0 Å². The Balaban J connectivity index is 3.06. The molecule has 4 nitrogen and oxygen atoms in total. The molecule has 1 aromatic rings. The first-order chi connectivity index (χ1) is 13.3. The molecular weight excluding hydrogens is 352 g/mol. The maximum Gasteiger partial charge on any atom is 0.339 e. The van der Waals surface area contributed by atoms with E-state index in [9.17, 15) is 14.7 Å². The summed E-state index contributed by atoms with van der Waals surface area (Å²) in [5.41, 5.74) is 0.141. The van der Waals surface area contributed by atoms with Gasteiger partial charge in [-0.05, 0) is 49.1 Å². The smallest absolute Gasteiger partial charge is 0.339 e. The second kappa shape index (κ2) is 12.6. The quantitative estimate of drug-likeness (QED) is 0.386. The number of esters is 1. The highest BCUT2D eigenvalue weighted by atomic mass is 16.5. The van der Waals surface area contributed by atoms with Crippen LogP contribution in [0, 0.1) is 17.8 Å². The average molecular weight is 391 g/mol. The molecule has 0 aliphatic rings. The maximum atomic E-state index is 12.9. The molecule has 3 unspecified atom stereocenters. The summed E-state index contributed by atoms with van der Waals surface area (Å²) < 4.78 is 5.99. The number of hydrogen-bond acceptors (Lipinski definition) is 3. The standard InChI is InChI=1S/C24H38O4/c1-6-9-12-18(7-2)16-22(19(8-3)15-17(4)5)28-24(27)21-14-11-10-13-20(21)23(25)26/h10-11,13-14,17-19,22H,6-9,12,15-16H2,1-5H3,(H,25,26). The Morgan fingerprint density at radius 2 is 1.64 bits per heavy atom. The third-order valence-electron chi connectivity index (χ3n) is 5.57. The van der Waals surface area contributed by atoms with Gasteiger partial charge in [-0.15, -0.1) is 0 Å². The van der Waals surface area contributed by atoms with Gasteiger partial charge in [0.25, 0.3) is 0 Å². The average Bonchev–Trinajstić information content (AvgIpc) is 2.68. The third kappa shape index (κ3) is 7.65. The third-order valence-corrected chi connectivity index (χ3v) is 5.57. The number of carbonyl (C=O) groups excluding carboxylic acids is 1. The molecule has 28 heavy (non-hydrogen) atoms. The Kier molecular flexibility index (Phi) is 10.9. The van der Waals surface area contributed by atoms with E-state index in [-0.39, 0.29) is 23.1 Å². The SMILES string of the molecule is CCCCC(CC)CC(OC(=O)c1ccccc1C(=O)O)C(CC)CC(C)C. The molecule has 0 saturated carbocycles. The number of ether oxygens (including phenoxy) is 1. The molecule has 0 radical (unpaired) electrons. The van der Waals surface area contributed by atoms with Gasteiger partial charge < -0.3 is 9.84 Å². The topological polar surface area (TPSA) is 63.6 Å². The van der Waals surface area contributed by atoms with E-state index in [1.165, 1.54) is 12.5 Å². The molecule has 0 aliphatic carbocycles. The highest BCUT2D eigenvalue weighted by Gasteiger charge is 2.29. The van der Waals surface area contributed by atoms with Crippen LogP contribution >= 0.6 is 0 Å². The predicted molar refractivity (Wildman–Crippen MR) is 114 cm³/mol. The molecule has 4 heteroatoms. The minimum Gasteiger partial charge on any atom is -0.478 e. The van der Waals surface area contributed by atoms with Gasteiger partial charge in [-0.1, -0.05) is 72.4 Å². The summed E-state index contributed by atoms with van der Waals surface area (Å²) in [6.07, 6.45) is 7.17. The molecule has 0 saturated heterocycles. The normalized spacial score (nSPS) is 14.5. The number of carboxylic acids is 1. The van der Waals surface area contributed by atoms with Crippen LogP contribution in [-0.4, -0.2) is 23.1 Å². The summed E-state index contributed by atoms with van der Waals surface area (Å²) in [5.74, 6) is -0.290. The molecule has 0 heterocycles. The largest absolute Gasteiger partial charge is 0.478 e. The zero-order chi connectivity index (χ0) is 21.1. The molecule has 1 aromatic carbocycles. The number of rotatable bonds is 13. The maximum absolute atomic E-state index is 12.9. The van der Waals surface area contributed by atoms with Gasteiger partial charge in [0, 0.05) is 0 Å². The fourth-order valence-electron chi connectivity index (χ4n) is 3.88. The molecule has 1 rings (SSSR count). The Morgan fingerprint density at radius 1 is 1.00 bits per heavy atom. The Morgan fingerprint density at radius 3 is 2.14 bits per heavy atom. The first-order valence-corrected chi connectivity index (χ1v) is 10.9. The van der Waals surface area contributed by atoms with Crippen molar-refractivity contribution in [2.45, 2.75) is 85.7 Å². The Bertz CT molecular complexity index is 608. The Labute approximate surface area is 170 Å². The summed E-state index contributed by atoms with van der Waals surface area (Å²) in [6.45, 7) is 10.9. The van der Waals surface area contributed by atoms with E-state index in [1.807, 2.05) is 0 Å². The van der Waals surface area contributed by atoms with E-state index in [2.05, 4.69) is 34.6 Å². The summed E-state index contributed by atoms with van der Waals surface area (Å²) in [5, 5.41) is 9.40. The zero-order valence-electron chi connectivity index (χ0n) is 18.2. The van der Waals surface area contributed by atoms with E-state index < -0.39 is 11.9 Å². The minimum absolute atomic E-state index is 0.00109. The van der Waals surface area contributed by atoms with Crippen LogP contribution in [-0.2, 0) is 4.74 Å². The number of hydrogen-bond donors (Lipinski definition) is 1. The van der Waals surface area contributed by atoms with Gasteiger partial charge in [-0.25, -0.2) is 9.59 Å². The van der Waals surface area contributed by atoms with Crippen molar-refractivity contribution in [3.05, 3.63) is 35.4 Å². The second-order valence-corrected chi connectivity index (χ2v) is 8.24. The van der Waals surface area contributed by atoms with Crippen molar-refractivity contribution in [3.63, 3.8) is 0 Å². The van der Waals surface area contributed by atoms with Crippen molar-refractivity contribution in [2.75, 3.05) is 0 Å². The number of unbranched alkanes of at least 4 members (excludes halogenated alkanes) is 1. The molecule has 0 aliphatic heterocycles. The molecule has 0 amide bonds. The molecule has 158 valence electrons. The molecule has 3 atom stereocenters. The fraction of sp³-hybridized carbons (Fsp3) is 0.667. The van der Waals surface area contributed by atoms with Crippen LogP contribution in [0.15, 0.2) is 24.3 Å². The number of aromatic carboxylic acids is 1. The predicted octanol–water partition coefficient (Wildman–Crippen LogP) is 6.59. The monoisotopic (exact) mass is 390 g/mol. The van der Waals surface area contributed by atoms with Gasteiger partial charge in [-0.3, -0.25) is 0 Å². The van der Waals surface area contributed by atoms with Crippen molar-refractivity contribution >= 4 is 11.9 Å². The van der Waals surface area contributed by atoms with E-state index in [0.717, 1.165) is 38.5 Å². The number of carboxylic acid groups (broad SMARTS) is 1. The molecule has 1 N–H and O–H groups in total. The number of carbonyl (C=O) groups is 2. The molecule has 0 bridgehead atoms. The van der Waals surface area contributed by atoms with Crippen molar-refractivity contribution < 1.29 is 19.4 Å². The van der Waals surface area contributed by atoms with Crippen molar-refractivity contribution in [1.29, 1.82) is 0 Å². The van der Waals surface area contributed by atoms with E-state index in [1.54, 1.807) is 18.2 Å². The lowest BCUT2D eigenvalue weighted by Crippen LogP contribution is -2.30. The summed E-state index contributed by atoms with van der Waals surface area (Å²) in [7, 11) is 0. The Hall–Kier alpha value is -1.84. The van der Waals surface area contributed by atoms with E-state index in [0.29, 0.717) is 11.8 Å². The first-order valence-electron chi connectivity index (χ1n) is 10.9. The van der Waals surface area contributed by atoms with Gasteiger partial charge in [0.2, 0.25) is 0 Å². The lowest BCUT2D eigenvalue weighted by molar-refractivity contribution is 0.000186. The zero-order valence-corrected chi connectivity index (χ0v) is 18.2. The van der Waals surface area contributed by atoms with E-state index in [4.69, 9.17) is 4.74 Å². The van der Waals surface area contributed by atoms with Crippen LogP contribution < -0.4 is 0 Å². The highest BCUT2D eigenvalue weighted by molar-refractivity contribution is 6.02. The van der Waals surface area contributed by atoms with Crippen LogP contribution in [0.2, 0.25) is 0 Å². The molecule has 0 spiro atoms. The minimum atomic E-state index is -1.10. The van der Waals surface area contributed by atoms with Gasteiger partial charge in [0.1, 0.15) is 6.10 Å².